The van der Waals surface area contributed by atoms with Crippen molar-refractivity contribution in [1.82, 2.24) is 4.90 Å². The predicted octanol–water partition coefficient (Wildman–Crippen LogP) is 4.89. The summed E-state index contributed by atoms with van der Waals surface area (Å²) in [6.45, 7) is 2.47. The van der Waals surface area contributed by atoms with Crippen LogP contribution < -0.4 is 4.74 Å². The Kier molecular flexibility index (Phi) is 6.54. The van der Waals surface area contributed by atoms with Crippen LogP contribution in [0.15, 0.2) is 84.4 Å². The maximum absolute atomic E-state index is 14.9. The molecule has 0 bridgehead atoms. The fraction of sp³-hybridized carbons (Fsp3) is 0.185. The van der Waals surface area contributed by atoms with Gasteiger partial charge in [-0.05, 0) is 37.1 Å². The van der Waals surface area contributed by atoms with Crippen molar-refractivity contribution in [3.63, 3.8) is 0 Å². The lowest BCUT2D eigenvalue weighted by atomic mass is 9.94. The zero-order valence-electron chi connectivity index (χ0n) is 18.2. The van der Waals surface area contributed by atoms with E-state index in [1.54, 1.807) is 36.4 Å². The molecule has 4 rings (SSSR count). The number of ketones is 1. The first-order valence-electron chi connectivity index (χ1n) is 10.8. The van der Waals surface area contributed by atoms with Gasteiger partial charge in [-0.15, -0.1) is 0 Å². The number of hydrogen-bond donors (Lipinski definition) is 1. The van der Waals surface area contributed by atoms with E-state index in [9.17, 15) is 19.1 Å². The van der Waals surface area contributed by atoms with Crippen LogP contribution in [0.3, 0.4) is 0 Å². The number of aliphatic hydroxyl groups is 1. The number of carbonyl (C=O) groups excluding carboxylic acids is 2. The minimum Gasteiger partial charge on any atom is -0.507 e. The van der Waals surface area contributed by atoms with Gasteiger partial charge in [0, 0.05) is 17.7 Å². The average Bonchev–Trinajstić information content (AvgIpc) is 3.08. The summed E-state index contributed by atoms with van der Waals surface area (Å²) in [5.41, 5.74) is 1.33. The van der Waals surface area contributed by atoms with Gasteiger partial charge in [-0.2, -0.15) is 0 Å². The van der Waals surface area contributed by atoms with Gasteiger partial charge in [0.25, 0.3) is 11.7 Å². The molecule has 1 N–H and O–H groups in total. The summed E-state index contributed by atoms with van der Waals surface area (Å²) in [5.74, 6) is -1.99. The molecule has 0 radical (unpaired) electrons. The number of benzene rings is 3. The van der Waals surface area contributed by atoms with Gasteiger partial charge in [-0.25, -0.2) is 4.39 Å². The largest absolute Gasteiger partial charge is 0.507 e. The molecule has 3 aromatic rings. The second kappa shape index (κ2) is 9.69. The predicted molar refractivity (Wildman–Crippen MR) is 123 cm³/mol. The van der Waals surface area contributed by atoms with Gasteiger partial charge in [-0.1, -0.05) is 60.7 Å². The molecule has 0 aliphatic carbocycles. The van der Waals surface area contributed by atoms with Crippen molar-refractivity contribution >= 4 is 17.4 Å². The third kappa shape index (κ3) is 4.51. The van der Waals surface area contributed by atoms with E-state index in [0.29, 0.717) is 24.3 Å². The van der Waals surface area contributed by atoms with Crippen LogP contribution in [-0.4, -0.2) is 34.8 Å². The smallest absolute Gasteiger partial charge is 0.295 e. The Morgan fingerprint density at radius 2 is 1.73 bits per heavy atom. The Bertz CT molecular complexity index is 1210. The number of likely N-dealkylation sites (tertiary alicyclic amines) is 1. The SMILES string of the molecule is CCOc1cccc(C(O)=C2C(=O)C(=O)N(CCc3ccccc3)C2c2ccccc2F)c1. The molecule has 1 atom stereocenters. The minimum atomic E-state index is -1.04. The first kappa shape index (κ1) is 22.3. The maximum atomic E-state index is 14.9. The topological polar surface area (TPSA) is 66.8 Å². The molecule has 1 heterocycles. The number of aliphatic hydroxyl groups excluding tert-OH is 1. The number of hydrogen-bond acceptors (Lipinski definition) is 4. The lowest BCUT2D eigenvalue weighted by Gasteiger charge is -2.25. The molecule has 168 valence electrons. The maximum Gasteiger partial charge on any atom is 0.295 e. The third-order valence-electron chi connectivity index (χ3n) is 5.64. The molecule has 1 amide bonds. The van der Waals surface area contributed by atoms with Crippen LogP contribution in [0.25, 0.3) is 5.76 Å². The average molecular weight is 445 g/mol. The summed E-state index contributed by atoms with van der Waals surface area (Å²) in [5, 5.41) is 11.1. The summed E-state index contributed by atoms with van der Waals surface area (Å²) in [7, 11) is 0. The zero-order valence-corrected chi connectivity index (χ0v) is 18.2. The Morgan fingerprint density at radius 3 is 2.45 bits per heavy atom. The Balaban J connectivity index is 1.80. The van der Waals surface area contributed by atoms with Gasteiger partial charge in [0.2, 0.25) is 0 Å². The highest BCUT2D eigenvalue weighted by atomic mass is 19.1. The Labute approximate surface area is 191 Å². The minimum absolute atomic E-state index is 0.133. The normalized spacial score (nSPS) is 17.4. The highest BCUT2D eigenvalue weighted by Crippen LogP contribution is 2.40. The van der Waals surface area contributed by atoms with E-state index in [0.717, 1.165) is 5.56 Å². The highest BCUT2D eigenvalue weighted by Gasteiger charge is 2.46. The molecule has 6 heteroatoms. The van der Waals surface area contributed by atoms with E-state index >= 15 is 0 Å². The molecular weight excluding hydrogens is 421 g/mol. The molecule has 1 aliphatic rings. The van der Waals surface area contributed by atoms with E-state index in [1.165, 1.54) is 17.0 Å². The lowest BCUT2D eigenvalue weighted by molar-refractivity contribution is -0.139. The van der Waals surface area contributed by atoms with Gasteiger partial charge in [0.05, 0.1) is 18.2 Å². The molecule has 0 spiro atoms. The third-order valence-corrected chi connectivity index (χ3v) is 5.64. The molecule has 1 aliphatic heterocycles. The van der Waals surface area contributed by atoms with Crippen LogP contribution in [-0.2, 0) is 16.0 Å². The number of carbonyl (C=O) groups is 2. The van der Waals surface area contributed by atoms with Crippen molar-refractivity contribution in [2.75, 3.05) is 13.2 Å². The summed E-state index contributed by atoms with van der Waals surface area (Å²) < 4.78 is 20.4. The molecule has 1 unspecified atom stereocenters. The van der Waals surface area contributed by atoms with Gasteiger partial charge in [-0.3, -0.25) is 9.59 Å². The second-order valence-electron chi connectivity index (χ2n) is 7.71. The van der Waals surface area contributed by atoms with E-state index in [2.05, 4.69) is 0 Å². The second-order valence-corrected chi connectivity index (χ2v) is 7.71. The van der Waals surface area contributed by atoms with Crippen molar-refractivity contribution in [2.24, 2.45) is 0 Å². The van der Waals surface area contributed by atoms with Crippen LogP contribution >= 0.6 is 0 Å². The molecular formula is C27H24FNO4. The van der Waals surface area contributed by atoms with Crippen molar-refractivity contribution in [1.29, 1.82) is 0 Å². The number of nitrogens with zero attached hydrogens (tertiary/aromatic N) is 1. The molecule has 1 saturated heterocycles. The van der Waals surface area contributed by atoms with Gasteiger partial charge >= 0.3 is 0 Å². The first-order chi connectivity index (χ1) is 16.0. The monoisotopic (exact) mass is 445 g/mol. The van der Waals surface area contributed by atoms with E-state index in [4.69, 9.17) is 4.74 Å². The standard InChI is InChI=1S/C27H24FNO4/c1-2-33-20-12-8-11-19(17-20)25(30)23-24(21-13-6-7-14-22(21)28)29(27(32)26(23)31)16-15-18-9-4-3-5-10-18/h3-14,17,24,30H,2,15-16H2,1H3. The van der Waals surface area contributed by atoms with Crippen LogP contribution in [0.2, 0.25) is 0 Å². The fourth-order valence-corrected chi connectivity index (χ4v) is 4.08. The van der Waals surface area contributed by atoms with Crippen LogP contribution in [0.4, 0.5) is 4.39 Å². The summed E-state index contributed by atoms with van der Waals surface area (Å²) in [4.78, 5) is 27.4. The molecule has 5 nitrogen and oxygen atoms in total. The Morgan fingerprint density at radius 1 is 1.00 bits per heavy atom. The quantitative estimate of drug-likeness (QED) is 0.320. The number of rotatable bonds is 7. The molecule has 0 aromatic heterocycles. The van der Waals surface area contributed by atoms with Crippen molar-refractivity contribution in [3.05, 3.63) is 107 Å². The summed E-state index contributed by atoms with van der Waals surface area (Å²) in [6, 6.07) is 21.1. The van der Waals surface area contributed by atoms with Crippen LogP contribution in [0.1, 0.15) is 29.7 Å². The molecule has 3 aromatic carbocycles. The highest BCUT2D eigenvalue weighted by molar-refractivity contribution is 6.46. The van der Waals surface area contributed by atoms with E-state index in [1.807, 2.05) is 37.3 Å². The fourth-order valence-electron chi connectivity index (χ4n) is 4.08. The number of amides is 1. The van der Waals surface area contributed by atoms with Crippen LogP contribution in [0, 0.1) is 5.82 Å². The molecule has 1 fully saturated rings. The Hall–Kier alpha value is -3.93. The van der Waals surface area contributed by atoms with Gasteiger partial charge < -0.3 is 14.7 Å². The molecule has 0 saturated carbocycles. The van der Waals surface area contributed by atoms with Crippen molar-refractivity contribution < 1.29 is 23.8 Å². The summed E-state index contributed by atoms with van der Waals surface area (Å²) >= 11 is 0. The first-order valence-corrected chi connectivity index (χ1v) is 10.8. The number of halogens is 1. The van der Waals surface area contributed by atoms with Crippen molar-refractivity contribution in [3.8, 4) is 5.75 Å². The van der Waals surface area contributed by atoms with E-state index in [-0.39, 0.29) is 23.4 Å². The van der Waals surface area contributed by atoms with Gasteiger partial charge in [0.15, 0.2) is 0 Å². The lowest BCUT2D eigenvalue weighted by Crippen LogP contribution is -2.32. The number of ether oxygens (including phenoxy) is 1. The summed E-state index contributed by atoms with van der Waals surface area (Å²) in [6.07, 6.45) is 0.485. The zero-order chi connectivity index (χ0) is 23.4. The van der Waals surface area contributed by atoms with Gasteiger partial charge in [0.1, 0.15) is 17.3 Å². The van der Waals surface area contributed by atoms with Crippen LogP contribution in [0.5, 0.6) is 5.75 Å². The van der Waals surface area contributed by atoms with Crippen molar-refractivity contribution in [2.45, 2.75) is 19.4 Å². The van der Waals surface area contributed by atoms with E-state index < -0.39 is 23.5 Å². The number of Topliss-reactive ketones (excluding diaryl/α,β-unsaturated/α-hetero) is 1. The molecule has 33 heavy (non-hydrogen) atoms.